The van der Waals surface area contributed by atoms with Crippen LogP contribution in [0.3, 0.4) is 0 Å². The second kappa shape index (κ2) is 5.35. The number of hydrogen-bond acceptors (Lipinski definition) is 6. The Labute approximate surface area is 120 Å². The molecule has 2 aromatic rings. The highest BCUT2D eigenvalue weighted by Crippen LogP contribution is 2.35. The van der Waals surface area contributed by atoms with E-state index in [1.807, 2.05) is 0 Å². The van der Waals surface area contributed by atoms with Crippen LogP contribution in [-0.2, 0) is 4.79 Å². The van der Waals surface area contributed by atoms with Crippen molar-refractivity contribution in [3.63, 3.8) is 0 Å². The number of ether oxygens (including phenoxy) is 3. The fourth-order valence-electron chi connectivity index (χ4n) is 1.86. The van der Waals surface area contributed by atoms with E-state index >= 15 is 0 Å². The lowest BCUT2D eigenvalue weighted by Gasteiger charge is -2.13. The van der Waals surface area contributed by atoms with Crippen LogP contribution >= 0.6 is 0 Å². The molecule has 0 fully saturated rings. The number of carbonyl (C=O) groups excluding carboxylic acids is 1. The van der Waals surface area contributed by atoms with Gasteiger partial charge in [-0.25, -0.2) is 0 Å². The molecule has 7 nitrogen and oxygen atoms in total. The first-order chi connectivity index (χ1) is 10.1. The summed E-state index contributed by atoms with van der Waals surface area (Å²) in [4.78, 5) is 12.0. The number of hydrogen-bond donors (Lipinski definition) is 1. The Hall–Kier alpha value is -2.70. The highest BCUT2D eigenvalue weighted by atomic mass is 16.7. The summed E-state index contributed by atoms with van der Waals surface area (Å²) in [7, 11) is 0. The Morgan fingerprint density at radius 3 is 2.90 bits per heavy atom. The van der Waals surface area contributed by atoms with E-state index in [1.54, 1.807) is 38.1 Å². The van der Waals surface area contributed by atoms with Crippen molar-refractivity contribution in [2.75, 3.05) is 12.1 Å². The lowest BCUT2D eigenvalue weighted by atomic mass is 10.3. The minimum Gasteiger partial charge on any atom is -0.481 e. The Kier molecular flexibility index (Phi) is 3.39. The van der Waals surface area contributed by atoms with E-state index < -0.39 is 6.10 Å². The Balaban J connectivity index is 1.62. The number of benzene rings is 1. The van der Waals surface area contributed by atoms with Crippen molar-refractivity contribution in [1.82, 2.24) is 5.16 Å². The Morgan fingerprint density at radius 1 is 1.33 bits per heavy atom. The van der Waals surface area contributed by atoms with Gasteiger partial charge in [0.05, 0.1) is 0 Å². The standard InChI is InChI=1S/C14H14N2O5/c1-8-5-13(16-21-8)15-14(17)9(2)20-10-3-4-11-12(6-10)19-7-18-11/h3-6,9H,7H2,1-2H3,(H,15,16,17)/t9-/m0/s1. The summed E-state index contributed by atoms with van der Waals surface area (Å²) in [6.07, 6.45) is -0.692. The van der Waals surface area contributed by atoms with E-state index in [9.17, 15) is 4.79 Å². The Bertz CT molecular complexity index is 667. The first-order valence-electron chi connectivity index (χ1n) is 6.42. The zero-order chi connectivity index (χ0) is 14.8. The normalized spacial score (nSPS) is 13.8. The monoisotopic (exact) mass is 290 g/mol. The number of aryl methyl sites for hydroxylation is 1. The van der Waals surface area contributed by atoms with Gasteiger partial charge in [-0.15, -0.1) is 0 Å². The van der Waals surface area contributed by atoms with E-state index in [4.69, 9.17) is 18.7 Å². The van der Waals surface area contributed by atoms with Crippen LogP contribution in [0.2, 0.25) is 0 Å². The first kappa shape index (κ1) is 13.3. The van der Waals surface area contributed by atoms with Crippen LogP contribution in [0.5, 0.6) is 17.2 Å². The van der Waals surface area contributed by atoms with Crippen LogP contribution in [0.1, 0.15) is 12.7 Å². The van der Waals surface area contributed by atoms with Gasteiger partial charge in [0.15, 0.2) is 23.4 Å². The van der Waals surface area contributed by atoms with Crippen LogP contribution < -0.4 is 19.5 Å². The predicted molar refractivity (Wildman–Crippen MR) is 72.5 cm³/mol. The van der Waals surface area contributed by atoms with Crippen molar-refractivity contribution < 1.29 is 23.5 Å². The maximum Gasteiger partial charge on any atom is 0.266 e. The SMILES string of the molecule is Cc1cc(NC(=O)[C@H](C)Oc2ccc3c(c2)OCO3)no1. The van der Waals surface area contributed by atoms with Crippen molar-refractivity contribution in [1.29, 1.82) is 0 Å². The molecule has 21 heavy (non-hydrogen) atoms. The maximum atomic E-state index is 12.0. The van der Waals surface area contributed by atoms with Crippen molar-refractivity contribution in [2.45, 2.75) is 20.0 Å². The molecule has 1 N–H and O–H groups in total. The highest BCUT2D eigenvalue weighted by Gasteiger charge is 2.19. The molecule has 3 rings (SSSR count). The van der Waals surface area contributed by atoms with Crippen molar-refractivity contribution >= 4 is 11.7 Å². The fourth-order valence-corrected chi connectivity index (χ4v) is 1.86. The number of nitrogens with zero attached hydrogens (tertiary/aromatic N) is 1. The van der Waals surface area contributed by atoms with Gasteiger partial charge in [0.25, 0.3) is 5.91 Å². The van der Waals surface area contributed by atoms with Crippen molar-refractivity contribution in [2.24, 2.45) is 0 Å². The van der Waals surface area contributed by atoms with Gasteiger partial charge in [0, 0.05) is 12.1 Å². The quantitative estimate of drug-likeness (QED) is 0.928. The fraction of sp³-hybridized carbons (Fsp3) is 0.286. The van der Waals surface area contributed by atoms with Gasteiger partial charge in [-0.3, -0.25) is 4.79 Å². The molecule has 0 spiro atoms. The summed E-state index contributed by atoms with van der Waals surface area (Å²) in [5.74, 6) is 2.46. The lowest BCUT2D eigenvalue weighted by molar-refractivity contribution is -0.122. The molecule has 1 aromatic carbocycles. The van der Waals surface area contributed by atoms with Crippen LogP contribution in [0.4, 0.5) is 5.82 Å². The van der Waals surface area contributed by atoms with Gasteiger partial charge in [-0.1, -0.05) is 5.16 Å². The smallest absolute Gasteiger partial charge is 0.266 e. The summed E-state index contributed by atoms with van der Waals surface area (Å²) in [5, 5.41) is 6.30. The number of fused-ring (bicyclic) bond motifs is 1. The summed E-state index contributed by atoms with van der Waals surface area (Å²) >= 11 is 0. The minimum atomic E-state index is -0.692. The molecule has 0 unspecified atom stereocenters. The molecule has 1 aliphatic heterocycles. The number of rotatable bonds is 4. The van der Waals surface area contributed by atoms with E-state index in [1.165, 1.54) is 0 Å². The predicted octanol–water partition coefficient (Wildman–Crippen LogP) is 2.12. The maximum absolute atomic E-state index is 12.0. The number of aromatic nitrogens is 1. The molecule has 1 aromatic heterocycles. The summed E-state index contributed by atoms with van der Waals surface area (Å²) in [6.45, 7) is 3.59. The second-order valence-electron chi connectivity index (χ2n) is 4.59. The van der Waals surface area contributed by atoms with Crippen LogP contribution in [0.15, 0.2) is 28.8 Å². The molecule has 0 aliphatic carbocycles. The molecule has 0 radical (unpaired) electrons. The number of anilines is 1. The molecule has 1 aliphatic rings. The van der Waals surface area contributed by atoms with E-state index in [2.05, 4.69) is 10.5 Å². The van der Waals surface area contributed by atoms with Gasteiger partial charge in [-0.05, 0) is 26.0 Å². The third kappa shape index (κ3) is 2.91. The largest absolute Gasteiger partial charge is 0.481 e. The third-order valence-corrected chi connectivity index (χ3v) is 2.91. The molecule has 1 amide bonds. The molecule has 1 atom stereocenters. The van der Waals surface area contributed by atoms with Crippen LogP contribution in [0.25, 0.3) is 0 Å². The van der Waals surface area contributed by atoms with E-state index in [0.29, 0.717) is 28.8 Å². The zero-order valence-electron chi connectivity index (χ0n) is 11.6. The molecular weight excluding hydrogens is 276 g/mol. The third-order valence-electron chi connectivity index (χ3n) is 2.91. The number of carbonyl (C=O) groups is 1. The van der Waals surface area contributed by atoms with E-state index in [0.717, 1.165) is 0 Å². The second-order valence-corrected chi connectivity index (χ2v) is 4.59. The highest BCUT2D eigenvalue weighted by molar-refractivity contribution is 5.93. The van der Waals surface area contributed by atoms with Gasteiger partial charge in [0.2, 0.25) is 6.79 Å². The zero-order valence-corrected chi connectivity index (χ0v) is 11.6. The Morgan fingerprint density at radius 2 is 2.14 bits per heavy atom. The molecule has 0 bridgehead atoms. The summed E-state index contributed by atoms with van der Waals surface area (Å²) in [5.41, 5.74) is 0. The van der Waals surface area contributed by atoms with Gasteiger partial charge < -0.3 is 24.1 Å². The summed E-state index contributed by atoms with van der Waals surface area (Å²) < 4.78 is 20.9. The van der Waals surface area contributed by atoms with Gasteiger partial charge in [0.1, 0.15) is 11.5 Å². The summed E-state index contributed by atoms with van der Waals surface area (Å²) in [6, 6.07) is 6.78. The average Bonchev–Trinajstić information content (AvgIpc) is 3.07. The average molecular weight is 290 g/mol. The number of nitrogens with one attached hydrogen (secondary N) is 1. The molecular formula is C14H14N2O5. The van der Waals surface area contributed by atoms with Crippen molar-refractivity contribution in [3.05, 3.63) is 30.0 Å². The van der Waals surface area contributed by atoms with E-state index in [-0.39, 0.29) is 12.7 Å². The topological polar surface area (TPSA) is 82.8 Å². The molecule has 110 valence electrons. The number of amides is 1. The lowest BCUT2D eigenvalue weighted by Crippen LogP contribution is -2.30. The molecule has 7 heteroatoms. The van der Waals surface area contributed by atoms with Gasteiger partial charge in [-0.2, -0.15) is 0 Å². The molecule has 2 heterocycles. The van der Waals surface area contributed by atoms with Crippen molar-refractivity contribution in [3.8, 4) is 17.2 Å². The molecule has 0 saturated carbocycles. The minimum absolute atomic E-state index is 0.195. The van der Waals surface area contributed by atoms with Crippen LogP contribution in [0, 0.1) is 6.92 Å². The van der Waals surface area contributed by atoms with Gasteiger partial charge >= 0.3 is 0 Å². The molecule has 0 saturated heterocycles. The van der Waals surface area contributed by atoms with Crippen LogP contribution in [-0.4, -0.2) is 24.0 Å². The first-order valence-corrected chi connectivity index (χ1v) is 6.42.